The first-order chi connectivity index (χ1) is 19.1. The number of hydrogen-bond donors (Lipinski definition) is 2. The first-order valence-electron chi connectivity index (χ1n) is 14.4. The van der Waals surface area contributed by atoms with Crippen LogP contribution in [-0.2, 0) is 30.2 Å². The van der Waals surface area contributed by atoms with Gasteiger partial charge in [0.25, 0.3) is 5.56 Å². The number of sulfonamides is 1. The summed E-state index contributed by atoms with van der Waals surface area (Å²) in [4.78, 5) is 27.1. The molecule has 2 aromatic rings. The molecule has 1 aromatic heterocycles. The van der Waals surface area contributed by atoms with E-state index in [1.165, 1.54) is 16.8 Å². The van der Waals surface area contributed by atoms with E-state index in [4.69, 9.17) is 13.6 Å². The molecule has 0 aliphatic carbocycles. The van der Waals surface area contributed by atoms with E-state index in [1.807, 2.05) is 30.3 Å². The first-order valence-corrected chi connectivity index (χ1v) is 21.9. The molecule has 1 aliphatic heterocycles. The minimum atomic E-state index is -3.81. The molecular weight excluding hydrogens is 591 g/mol. The lowest BCUT2D eigenvalue weighted by Crippen LogP contribution is -2.50. The summed E-state index contributed by atoms with van der Waals surface area (Å²) in [5.74, 6) is -0.930. The van der Waals surface area contributed by atoms with Crippen molar-refractivity contribution in [3.05, 3.63) is 69.0 Å². The molecule has 1 saturated heterocycles. The van der Waals surface area contributed by atoms with Crippen molar-refractivity contribution < 1.29 is 22.0 Å². The third-order valence-corrected chi connectivity index (χ3v) is 19.4. The Morgan fingerprint density at radius 1 is 0.952 bits per heavy atom. The van der Waals surface area contributed by atoms with Crippen LogP contribution < -0.4 is 16.0 Å². The van der Waals surface area contributed by atoms with Gasteiger partial charge in [-0.3, -0.25) is 14.3 Å². The fourth-order valence-electron chi connectivity index (χ4n) is 4.27. The summed E-state index contributed by atoms with van der Waals surface area (Å²) in [6, 6.07) is 10.6. The Kier molecular flexibility index (Phi) is 10.4. The largest absolute Gasteiger partial charge is 0.414 e. The Morgan fingerprint density at radius 2 is 1.55 bits per heavy atom. The predicted molar refractivity (Wildman–Crippen MR) is 171 cm³/mol. The molecule has 2 N–H and O–H groups in total. The molecular formula is C29H49N3O7SSi2. The Labute approximate surface area is 252 Å². The minimum absolute atomic E-state index is 0.0727. The quantitative estimate of drug-likeness (QED) is 0.345. The number of aromatic amines is 1. The van der Waals surface area contributed by atoms with Gasteiger partial charge < -0.3 is 13.6 Å². The highest BCUT2D eigenvalue weighted by Crippen LogP contribution is 2.45. The number of hydrogen-bond acceptors (Lipinski definition) is 7. The summed E-state index contributed by atoms with van der Waals surface area (Å²) in [5, 5.41) is -0.269. The molecule has 1 aromatic carbocycles. The fourth-order valence-corrected chi connectivity index (χ4v) is 8.02. The van der Waals surface area contributed by atoms with Gasteiger partial charge in [0, 0.05) is 24.7 Å². The molecule has 10 nitrogen and oxygen atoms in total. The molecule has 0 saturated carbocycles. The molecule has 236 valence electrons. The lowest BCUT2D eigenvalue weighted by molar-refractivity contribution is -0.0493. The molecule has 1 fully saturated rings. The van der Waals surface area contributed by atoms with Crippen LogP contribution in [0.1, 0.15) is 53.3 Å². The smallest absolute Gasteiger partial charge is 0.330 e. The van der Waals surface area contributed by atoms with Crippen LogP contribution in [0.15, 0.2) is 52.2 Å². The second-order valence-electron chi connectivity index (χ2n) is 14.2. The SMILES string of the molecule is CC(C)(C)[Si](C)(C)OC[C@H]1O[C@@H](n2ccc(=O)[nH]c2=O)[C@H](O[Si](C)(C)C(C)(C)C)[C@@H]1CS(=O)(=O)NCc1ccccc1. The van der Waals surface area contributed by atoms with Crippen LogP contribution in [0.5, 0.6) is 0 Å². The highest BCUT2D eigenvalue weighted by Gasteiger charge is 2.53. The van der Waals surface area contributed by atoms with Crippen LogP contribution >= 0.6 is 0 Å². The topological polar surface area (TPSA) is 129 Å². The lowest BCUT2D eigenvalue weighted by atomic mass is 10.0. The van der Waals surface area contributed by atoms with Crippen molar-refractivity contribution in [3.8, 4) is 0 Å². The van der Waals surface area contributed by atoms with E-state index >= 15 is 0 Å². The minimum Gasteiger partial charge on any atom is -0.414 e. The number of ether oxygens (including phenoxy) is 1. The molecule has 0 spiro atoms. The molecule has 0 unspecified atom stereocenters. The summed E-state index contributed by atoms with van der Waals surface area (Å²) in [6.07, 6.45) is -1.03. The van der Waals surface area contributed by atoms with Crippen LogP contribution in [0.25, 0.3) is 0 Å². The monoisotopic (exact) mass is 639 g/mol. The van der Waals surface area contributed by atoms with Crippen molar-refractivity contribution in [1.82, 2.24) is 14.3 Å². The van der Waals surface area contributed by atoms with E-state index in [0.717, 1.165) is 5.56 Å². The van der Waals surface area contributed by atoms with E-state index in [2.05, 4.69) is 77.4 Å². The van der Waals surface area contributed by atoms with Gasteiger partial charge in [-0.15, -0.1) is 0 Å². The third kappa shape index (κ3) is 8.39. The molecule has 0 bridgehead atoms. The van der Waals surface area contributed by atoms with Gasteiger partial charge in [-0.05, 0) is 41.8 Å². The number of H-pyrrole nitrogens is 1. The molecule has 13 heteroatoms. The summed E-state index contributed by atoms with van der Waals surface area (Å²) < 4.78 is 51.1. The zero-order valence-electron chi connectivity index (χ0n) is 26.7. The van der Waals surface area contributed by atoms with Gasteiger partial charge in [-0.2, -0.15) is 0 Å². The molecule has 0 radical (unpaired) electrons. The maximum Gasteiger partial charge on any atom is 0.330 e. The Bertz CT molecular complexity index is 1430. The van der Waals surface area contributed by atoms with Crippen LogP contribution in [0.2, 0.25) is 36.3 Å². The summed E-state index contributed by atoms with van der Waals surface area (Å²) in [6.45, 7) is 21.4. The zero-order valence-corrected chi connectivity index (χ0v) is 29.5. The number of benzene rings is 1. The number of nitrogens with zero attached hydrogens (tertiary/aromatic N) is 1. The van der Waals surface area contributed by atoms with E-state index in [9.17, 15) is 18.0 Å². The van der Waals surface area contributed by atoms with Crippen LogP contribution in [-0.4, -0.2) is 59.2 Å². The standard InChI is InChI=1S/C29H49N3O7SSi2/c1-28(2,3)41(7,8)37-19-23-22(20-40(35,36)30-18-21-14-12-11-13-15-21)25(39-42(9,10)29(4,5)6)26(38-23)32-17-16-24(33)31-27(32)34/h11-17,22-23,25-26,30H,18-20H2,1-10H3,(H,31,33,34)/t22-,23-,25-,26-/m1/s1. The Morgan fingerprint density at radius 3 is 2.10 bits per heavy atom. The number of rotatable bonds is 11. The van der Waals surface area contributed by atoms with Crippen molar-refractivity contribution in [2.24, 2.45) is 5.92 Å². The van der Waals surface area contributed by atoms with Gasteiger partial charge >= 0.3 is 5.69 Å². The van der Waals surface area contributed by atoms with Gasteiger partial charge in [0.15, 0.2) is 22.9 Å². The number of aromatic nitrogens is 2. The van der Waals surface area contributed by atoms with Gasteiger partial charge in [0.2, 0.25) is 10.0 Å². The molecule has 1 aliphatic rings. The summed E-state index contributed by atoms with van der Waals surface area (Å²) in [7, 11) is -8.54. The van der Waals surface area contributed by atoms with Crippen molar-refractivity contribution >= 4 is 26.7 Å². The second-order valence-corrected chi connectivity index (χ2v) is 25.7. The normalized spacial score (nSPS) is 22.4. The van der Waals surface area contributed by atoms with E-state index in [0.29, 0.717) is 0 Å². The lowest BCUT2D eigenvalue weighted by Gasteiger charge is -2.41. The zero-order chi connectivity index (χ0) is 31.7. The maximum atomic E-state index is 13.6. The van der Waals surface area contributed by atoms with Crippen molar-refractivity contribution in [2.75, 3.05) is 12.4 Å². The van der Waals surface area contributed by atoms with E-state index in [1.54, 1.807) is 0 Å². The summed E-state index contributed by atoms with van der Waals surface area (Å²) >= 11 is 0. The Hall–Kier alpha value is -1.88. The first kappa shape index (κ1) is 34.6. The predicted octanol–water partition coefficient (Wildman–Crippen LogP) is 4.58. The number of nitrogens with one attached hydrogen (secondary N) is 2. The molecule has 42 heavy (non-hydrogen) atoms. The molecule has 3 rings (SSSR count). The van der Waals surface area contributed by atoms with Crippen molar-refractivity contribution in [1.29, 1.82) is 0 Å². The third-order valence-electron chi connectivity index (χ3n) is 9.02. The highest BCUT2D eigenvalue weighted by molar-refractivity contribution is 7.89. The highest BCUT2D eigenvalue weighted by atomic mass is 32.2. The van der Waals surface area contributed by atoms with Gasteiger partial charge in [-0.25, -0.2) is 17.9 Å². The molecule has 2 heterocycles. The molecule has 0 amide bonds. The van der Waals surface area contributed by atoms with Gasteiger partial charge in [-0.1, -0.05) is 71.9 Å². The Balaban J connectivity index is 2.05. The van der Waals surface area contributed by atoms with Crippen LogP contribution in [0, 0.1) is 5.92 Å². The van der Waals surface area contributed by atoms with E-state index in [-0.39, 0.29) is 29.0 Å². The molecule has 4 atom stereocenters. The van der Waals surface area contributed by atoms with Crippen LogP contribution in [0.3, 0.4) is 0 Å². The van der Waals surface area contributed by atoms with Gasteiger partial charge in [0.05, 0.1) is 24.6 Å². The van der Waals surface area contributed by atoms with Crippen molar-refractivity contribution in [3.63, 3.8) is 0 Å². The average molecular weight is 640 g/mol. The summed E-state index contributed by atoms with van der Waals surface area (Å²) in [5.41, 5.74) is -0.336. The van der Waals surface area contributed by atoms with Crippen molar-refractivity contribution in [2.45, 2.75) is 103 Å². The van der Waals surface area contributed by atoms with E-state index < -0.39 is 62.3 Å². The average Bonchev–Trinajstić information content (AvgIpc) is 3.16. The fraction of sp³-hybridized carbons (Fsp3) is 0.655. The van der Waals surface area contributed by atoms with Crippen LogP contribution in [0.4, 0.5) is 0 Å². The second kappa shape index (κ2) is 12.6. The van der Waals surface area contributed by atoms with Gasteiger partial charge in [0.1, 0.15) is 0 Å². The maximum absolute atomic E-state index is 13.6.